The molecule has 0 unspecified atom stereocenters. The standard InChI is InChI=1S/C18H28OSi/c1-15-12-13-16(14-15)8-7-11-18(19)20(2,3)17-9-5-4-6-10-17/h4-6,9-10,15-16H,7-8,11-14H2,1-3H3/t15-,16-/m0/s1. The minimum atomic E-state index is -1.91. The summed E-state index contributed by atoms with van der Waals surface area (Å²) in [4.78, 5) is 12.6. The van der Waals surface area contributed by atoms with Gasteiger partial charge >= 0.3 is 0 Å². The lowest BCUT2D eigenvalue weighted by Gasteiger charge is -2.21. The molecule has 0 N–H and O–H groups in total. The van der Waals surface area contributed by atoms with Crippen LogP contribution in [0.3, 0.4) is 0 Å². The van der Waals surface area contributed by atoms with Gasteiger partial charge in [0.1, 0.15) is 5.41 Å². The predicted octanol–water partition coefficient (Wildman–Crippen LogP) is 4.32. The third kappa shape index (κ3) is 3.82. The summed E-state index contributed by atoms with van der Waals surface area (Å²) in [7, 11) is -1.91. The van der Waals surface area contributed by atoms with E-state index >= 15 is 0 Å². The summed E-state index contributed by atoms with van der Waals surface area (Å²) < 4.78 is 0. The number of carbonyl (C=O) groups excluding carboxylic acids is 1. The van der Waals surface area contributed by atoms with Gasteiger partial charge in [0.25, 0.3) is 0 Å². The molecule has 2 heteroatoms. The second kappa shape index (κ2) is 6.71. The summed E-state index contributed by atoms with van der Waals surface area (Å²) in [6.45, 7) is 6.75. The lowest BCUT2D eigenvalue weighted by atomic mass is 9.99. The van der Waals surface area contributed by atoms with Gasteiger partial charge in [0.05, 0.1) is 0 Å². The Hall–Kier alpha value is -0.893. The lowest BCUT2D eigenvalue weighted by Crippen LogP contribution is -2.49. The molecular formula is C18H28OSi. The first-order valence-electron chi connectivity index (χ1n) is 8.09. The second-order valence-electron chi connectivity index (χ2n) is 7.09. The minimum absolute atomic E-state index is 0.523. The first-order valence-corrected chi connectivity index (χ1v) is 11.1. The number of carbonyl (C=O) groups is 1. The highest BCUT2D eigenvalue weighted by atomic mass is 28.3. The van der Waals surface area contributed by atoms with Crippen LogP contribution in [0.4, 0.5) is 0 Å². The highest BCUT2D eigenvalue weighted by molar-refractivity contribution is 7.13. The van der Waals surface area contributed by atoms with E-state index in [0.29, 0.717) is 5.41 Å². The maximum absolute atomic E-state index is 12.6. The Morgan fingerprint density at radius 1 is 1.20 bits per heavy atom. The van der Waals surface area contributed by atoms with E-state index in [2.05, 4.69) is 44.3 Å². The molecule has 0 radical (unpaired) electrons. The first kappa shape index (κ1) is 15.5. The summed E-state index contributed by atoms with van der Waals surface area (Å²) >= 11 is 0. The van der Waals surface area contributed by atoms with Crippen molar-refractivity contribution in [3.8, 4) is 0 Å². The topological polar surface area (TPSA) is 17.1 Å². The van der Waals surface area contributed by atoms with Gasteiger partial charge < -0.3 is 4.79 Å². The molecule has 20 heavy (non-hydrogen) atoms. The number of rotatable bonds is 6. The van der Waals surface area contributed by atoms with Crippen molar-refractivity contribution in [1.29, 1.82) is 0 Å². The SMILES string of the molecule is C[C@H]1CC[C@H](CCCC(=O)[Si](C)(C)c2ccccc2)C1. The summed E-state index contributed by atoms with van der Waals surface area (Å²) in [5, 5.41) is 1.80. The van der Waals surface area contributed by atoms with Crippen LogP contribution in [0.5, 0.6) is 0 Å². The van der Waals surface area contributed by atoms with Crippen LogP contribution in [0, 0.1) is 11.8 Å². The molecule has 0 heterocycles. The van der Waals surface area contributed by atoms with E-state index < -0.39 is 8.07 Å². The molecule has 0 aromatic heterocycles. The van der Waals surface area contributed by atoms with Crippen LogP contribution in [0.1, 0.15) is 45.4 Å². The van der Waals surface area contributed by atoms with Crippen molar-refractivity contribution in [3.63, 3.8) is 0 Å². The van der Waals surface area contributed by atoms with Crippen LogP contribution in [0.15, 0.2) is 30.3 Å². The molecule has 0 bridgehead atoms. The number of hydrogen-bond acceptors (Lipinski definition) is 1. The van der Waals surface area contributed by atoms with Crippen molar-refractivity contribution in [2.75, 3.05) is 0 Å². The van der Waals surface area contributed by atoms with Gasteiger partial charge in [0.15, 0.2) is 8.07 Å². The highest BCUT2D eigenvalue weighted by Crippen LogP contribution is 2.33. The zero-order valence-electron chi connectivity index (χ0n) is 13.2. The normalized spacial score (nSPS) is 22.9. The monoisotopic (exact) mass is 288 g/mol. The molecule has 1 aromatic rings. The minimum Gasteiger partial charge on any atom is -0.305 e. The molecule has 110 valence electrons. The van der Waals surface area contributed by atoms with E-state index in [1.54, 1.807) is 0 Å². The van der Waals surface area contributed by atoms with Crippen molar-refractivity contribution < 1.29 is 4.79 Å². The summed E-state index contributed by atoms with van der Waals surface area (Å²) in [5.41, 5.74) is 0. The quantitative estimate of drug-likeness (QED) is 0.713. The van der Waals surface area contributed by atoms with Crippen molar-refractivity contribution >= 4 is 18.7 Å². The van der Waals surface area contributed by atoms with Crippen LogP contribution in [-0.2, 0) is 4.79 Å². The average molecular weight is 289 g/mol. The highest BCUT2D eigenvalue weighted by Gasteiger charge is 2.32. The Kier molecular flexibility index (Phi) is 5.20. The molecule has 1 aliphatic carbocycles. The van der Waals surface area contributed by atoms with Gasteiger partial charge in [-0.25, -0.2) is 0 Å². The largest absolute Gasteiger partial charge is 0.305 e. The third-order valence-corrected chi connectivity index (χ3v) is 8.43. The molecule has 0 aliphatic heterocycles. The molecule has 1 aromatic carbocycles. The van der Waals surface area contributed by atoms with E-state index in [-0.39, 0.29) is 0 Å². The fourth-order valence-electron chi connectivity index (χ4n) is 3.47. The van der Waals surface area contributed by atoms with Crippen LogP contribution >= 0.6 is 0 Å². The van der Waals surface area contributed by atoms with Crippen LogP contribution in [0.2, 0.25) is 13.1 Å². The van der Waals surface area contributed by atoms with Gasteiger partial charge in [-0.1, -0.05) is 74.8 Å². The van der Waals surface area contributed by atoms with Gasteiger partial charge in [-0.3, -0.25) is 0 Å². The van der Waals surface area contributed by atoms with Gasteiger partial charge in [-0.2, -0.15) is 0 Å². The fourth-order valence-corrected chi connectivity index (χ4v) is 5.62. The lowest BCUT2D eigenvalue weighted by molar-refractivity contribution is -0.112. The van der Waals surface area contributed by atoms with Crippen LogP contribution in [-0.4, -0.2) is 13.5 Å². The molecule has 1 aliphatic rings. The first-order chi connectivity index (χ1) is 9.50. The van der Waals surface area contributed by atoms with Gasteiger partial charge in [-0.05, 0) is 24.7 Å². The van der Waals surface area contributed by atoms with Gasteiger partial charge in [0, 0.05) is 6.42 Å². The molecule has 0 amide bonds. The average Bonchev–Trinajstić information content (AvgIpc) is 2.85. The third-order valence-electron chi connectivity index (χ3n) is 5.01. The zero-order chi connectivity index (χ0) is 14.6. The van der Waals surface area contributed by atoms with Gasteiger partial charge in [-0.15, -0.1) is 0 Å². The smallest absolute Gasteiger partial charge is 0.157 e. The Labute approximate surface area is 124 Å². The van der Waals surface area contributed by atoms with Crippen molar-refractivity contribution in [1.82, 2.24) is 0 Å². The van der Waals surface area contributed by atoms with Gasteiger partial charge in [0.2, 0.25) is 0 Å². The summed E-state index contributed by atoms with van der Waals surface area (Å²) in [5.74, 6) is 1.80. The summed E-state index contributed by atoms with van der Waals surface area (Å²) in [6.07, 6.45) is 7.30. The molecule has 0 spiro atoms. The molecule has 0 saturated heterocycles. The molecule has 1 fully saturated rings. The van der Waals surface area contributed by atoms with E-state index in [4.69, 9.17) is 0 Å². The van der Waals surface area contributed by atoms with Crippen molar-refractivity contribution in [3.05, 3.63) is 30.3 Å². The zero-order valence-corrected chi connectivity index (χ0v) is 14.2. The number of hydrogen-bond donors (Lipinski definition) is 0. The Bertz CT molecular complexity index is 438. The molecule has 2 rings (SSSR count). The maximum Gasteiger partial charge on any atom is 0.157 e. The van der Waals surface area contributed by atoms with E-state index in [0.717, 1.165) is 24.7 Å². The van der Waals surface area contributed by atoms with E-state index in [9.17, 15) is 4.79 Å². The Balaban J connectivity index is 1.82. The van der Waals surface area contributed by atoms with E-state index in [1.807, 2.05) is 6.07 Å². The molecule has 1 nitrogen and oxygen atoms in total. The molecule has 1 saturated carbocycles. The van der Waals surface area contributed by atoms with E-state index in [1.165, 1.54) is 30.9 Å². The predicted molar refractivity (Wildman–Crippen MR) is 88.9 cm³/mol. The summed E-state index contributed by atoms with van der Waals surface area (Å²) in [6, 6.07) is 10.4. The maximum atomic E-state index is 12.6. The van der Waals surface area contributed by atoms with Crippen molar-refractivity contribution in [2.45, 2.75) is 58.5 Å². The molecule has 2 atom stereocenters. The number of benzene rings is 1. The fraction of sp³-hybridized carbons (Fsp3) is 0.611. The Morgan fingerprint density at radius 2 is 1.90 bits per heavy atom. The van der Waals surface area contributed by atoms with Crippen LogP contribution in [0.25, 0.3) is 0 Å². The molecular weight excluding hydrogens is 260 g/mol. The van der Waals surface area contributed by atoms with Crippen molar-refractivity contribution in [2.24, 2.45) is 11.8 Å². The second-order valence-corrected chi connectivity index (χ2v) is 11.5. The van der Waals surface area contributed by atoms with Crippen LogP contribution < -0.4 is 5.19 Å². The Morgan fingerprint density at radius 3 is 2.50 bits per heavy atom.